The lowest BCUT2D eigenvalue weighted by Gasteiger charge is -2.11. The summed E-state index contributed by atoms with van der Waals surface area (Å²) in [5, 5.41) is 3.05. The van der Waals surface area contributed by atoms with E-state index in [1.165, 1.54) is 4.68 Å². The number of nitrogens with zero attached hydrogens (tertiary/aromatic N) is 4. The van der Waals surface area contributed by atoms with Crippen LogP contribution in [0.2, 0.25) is 0 Å². The van der Waals surface area contributed by atoms with Crippen molar-refractivity contribution in [1.29, 1.82) is 0 Å². The molecule has 0 fully saturated rings. The molecule has 0 saturated carbocycles. The molecule has 0 aliphatic rings. The highest BCUT2D eigenvalue weighted by Gasteiger charge is 2.11. The minimum Gasteiger partial charge on any atom is -0.406 e. The number of benzene rings is 1. The summed E-state index contributed by atoms with van der Waals surface area (Å²) in [5.41, 5.74) is 5.97. The zero-order valence-corrected chi connectivity index (χ0v) is 14.2. The second-order valence-electron chi connectivity index (χ2n) is 5.85. The number of pyridine rings is 1. The summed E-state index contributed by atoms with van der Waals surface area (Å²) in [7, 11) is 0. The van der Waals surface area contributed by atoms with Crippen molar-refractivity contribution in [1.82, 2.24) is 19.6 Å². The molecule has 0 bridgehead atoms. The van der Waals surface area contributed by atoms with Gasteiger partial charge in [0.25, 0.3) is 0 Å². The van der Waals surface area contributed by atoms with Crippen LogP contribution >= 0.6 is 0 Å². The monoisotopic (exact) mass is 348 g/mol. The van der Waals surface area contributed by atoms with Gasteiger partial charge in [-0.2, -0.15) is 9.66 Å². The second-order valence-corrected chi connectivity index (χ2v) is 5.85. The van der Waals surface area contributed by atoms with Crippen molar-refractivity contribution in [2.75, 3.05) is 10.7 Å². The first-order valence-electron chi connectivity index (χ1n) is 8.01. The van der Waals surface area contributed by atoms with Gasteiger partial charge in [0, 0.05) is 18.0 Å². The van der Waals surface area contributed by atoms with Gasteiger partial charge in [0.05, 0.1) is 0 Å². The Balaban J connectivity index is 1.67. The molecule has 0 amide bonds. The molecule has 0 radical (unpaired) electrons. The van der Waals surface area contributed by atoms with Gasteiger partial charge < -0.3 is 9.73 Å². The zero-order valence-electron chi connectivity index (χ0n) is 14.2. The third-order valence-electron chi connectivity index (χ3n) is 3.83. The molecule has 0 aliphatic heterocycles. The quantitative estimate of drug-likeness (QED) is 0.585. The maximum Gasteiger partial charge on any atom is 0.439 e. The molecule has 26 heavy (non-hydrogen) atoms. The third kappa shape index (κ3) is 3.00. The number of hydrogen-bond acceptors (Lipinski definition) is 7. The Morgan fingerprint density at radius 1 is 1.04 bits per heavy atom. The molecular weight excluding hydrogens is 332 g/mol. The van der Waals surface area contributed by atoms with Gasteiger partial charge in [-0.3, -0.25) is 5.43 Å². The van der Waals surface area contributed by atoms with E-state index in [0.717, 1.165) is 11.1 Å². The molecule has 0 unspecified atom stereocenters. The summed E-state index contributed by atoms with van der Waals surface area (Å²) in [5.74, 6) is 0.980. The molecule has 8 nitrogen and oxygen atoms in total. The Kier molecular flexibility index (Phi) is 3.85. The summed E-state index contributed by atoms with van der Waals surface area (Å²) in [6.45, 7) is 3.82. The zero-order chi connectivity index (χ0) is 18.1. The SMILES string of the molecule is Cc1ccc(Nc2ncc(C)c(Nn3c(=O)oc4ccccc43)n2)nc1. The van der Waals surface area contributed by atoms with Crippen molar-refractivity contribution in [3.05, 3.63) is 70.5 Å². The fourth-order valence-electron chi connectivity index (χ4n) is 2.45. The summed E-state index contributed by atoms with van der Waals surface area (Å²) < 4.78 is 6.54. The van der Waals surface area contributed by atoms with Crippen molar-refractivity contribution in [2.24, 2.45) is 0 Å². The summed E-state index contributed by atoms with van der Waals surface area (Å²) >= 11 is 0. The van der Waals surface area contributed by atoms with Gasteiger partial charge in [-0.05, 0) is 37.6 Å². The van der Waals surface area contributed by atoms with E-state index in [1.54, 1.807) is 24.5 Å². The molecule has 1 aromatic carbocycles. The van der Waals surface area contributed by atoms with Crippen LogP contribution in [0.15, 0.2) is 58.0 Å². The van der Waals surface area contributed by atoms with Crippen LogP contribution in [0, 0.1) is 13.8 Å². The highest BCUT2D eigenvalue weighted by atomic mass is 16.4. The minimum absolute atomic E-state index is 0.371. The van der Waals surface area contributed by atoms with Crippen LogP contribution in [0.5, 0.6) is 0 Å². The molecule has 0 spiro atoms. The molecule has 130 valence electrons. The third-order valence-corrected chi connectivity index (χ3v) is 3.83. The molecule has 3 aromatic heterocycles. The summed E-state index contributed by atoms with van der Waals surface area (Å²) in [4.78, 5) is 25.1. The average molecular weight is 348 g/mol. The molecular formula is C18H16N6O2. The number of anilines is 3. The topological polar surface area (TPSA) is 97.9 Å². The molecule has 0 aliphatic carbocycles. The molecule has 8 heteroatoms. The van der Waals surface area contributed by atoms with E-state index in [0.29, 0.717) is 28.7 Å². The van der Waals surface area contributed by atoms with Gasteiger partial charge in [0.1, 0.15) is 11.3 Å². The van der Waals surface area contributed by atoms with E-state index in [-0.39, 0.29) is 0 Å². The molecule has 0 atom stereocenters. The number of hydrogen-bond donors (Lipinski definition) is 2. The standard InChI is InChI=1S/C18H16N6O2/c1-11-7-8-15(19-9-11)21-17-20-10-12(2)16(22-17)23-24-13-5-3-4-6-14(13)26-18(24)25/h3-10H,1-2H3,(H2,19,20,21,22,23). The number of oxazole rings is 1. The first-order valence-corrected chi connectivity index (χ1v) is 8.01. The Bertz CT molecular complexity index is 1130. The minimum atomic E-state index is -0.515. The largest absolute Gasteiger partial charge is 0.439 e. The Morgan fingerprint density at radius 2 is 1.88 bits per heavy atom. The lowest BCUT2D eigenvalue weighted by Crippen LogP contribution is -2.23. The van der Waals surface area contributed by atoms with Gasteiger partial charge in [-0.1, -0.05) is 18.2 Å². The van der Waals surface area contributed by atoms with Crippen LogP contribution in [0.4, 0.5) is 17.6 Å². The van der Waals surface area contributed by atoms with E-state index in [1.807, 2.05) is 38.1 Å². The number of fused-ring (bicyclic) bond motifs is 1. The van der Waals surface area contributed by atoms with Crippen molar-refractivity contribution in [3.63, 3.8) is 0 Å². The smallest absolute Gasteiger partial charge is 0.406 e. The van der Waals surface area contributed by atoms with Crippen LogP contribution in [0.3, 0.4) is 0 Å². The van der Waals surface area contributed by atoms with Crippen molar-refractivity contribution in [2.45, 2.75) is 13.8 Å². The molecule has 2 N–H and O–H groups in total. The number of aromatic nitrogens is 4. The Hall–Kier alpha value is -3.68. The van der Waals surface area contributed by atoms with Crippen LogP contribution in [-0.2, 0) is 0 Å². The van der Waals surface area contributed by atoms with Crippen LogP contribution in [-0.4, -0.2) is 19.6 Å². The lowest BCUT2D eigenvalue weighted by atomic mass is 10.3. The van der Waals surface area contributed by atoms with E-state index in [2.05, 4.69) is 25.7 Å². The summed E-state index contributed by atoms with van der Waals surface area (Å²) in [6.07, 6.45) is 3.42. The number of aryl methyl sites for hydroxylation is 2. The van der Waals surface area contributed by atoms with Gasteiger partial charge in [0.15, 0.2) is 11.4 Å². The average Bonchev–Trinajstić information content (AvgIpc) is 2.95. The van der Waals surface area contributed by atoms with Crippen molar-refractivity contribution in [3.8, 4) is 0 Å². The highest BCUT2D eigenvalue weighted by Crippen LogP contribution is 2.18. The van der Waals surface area contributed by atoms with E-state index < -0.39 is 5.76 Å². The number of nitrogens with one attached hydrogen (secondary N) is 2. The van der Waals surface area contributed by atoms with Gasteiger partial charge in [0.2, 0.25) is 5.95 Å². The number of para-hydroxylation sites is 2. The first kappa shape index (κ1) is 15.8. The van der Waals surface area contributed by atoms with Gasteiger partial charge in [-0.25, -0.2) is 14.8 Å². The molecule has 4 aromatic rings. The van der Waals surface area contributed by atoms with Gasteiger partial charge in [-0.15, -0.1) is 0 Å². The first-order chi connectivity index (χ1) is 12.6. The van der Waals surface area contributed by atoms with E-state index in [4.69, 9.17) is 4.42 Å². The Labute approximate surface area is 148 Å². The van der Waals surface area contributed by atoms with Crippen LogP contribution in [0.25, 0.3) is 11.1 Å². The predicted molar refractivity (Wildman–Crippen MR) is 98.5 cm³/mol. The maximum atomic E-state index is 12.1. The van der Waals surface area contributed by atoms with E-state index in [9.17, 15) is 4.79 Å². The Morgan fingerprint density at radius 3 is 2.69 bits per heavy atom. The lowest BCUT2D eigenvalue weighted by molar-refractivity contribution is 0.532. The fourth-order valence-corrected chi connectivity index (χ4v) is 2.45. The second kappa shape index (κ2) is 6.32. The van der Waals surface area contributed by atoms with Crippen LogP contribution in [0.1, 0.15) is 11.1 Å². The molecule has 3 heterocycles. The number of rotatable bonds is 4. The highest BCUT2D eigenvalue weighted by molar-refractivity contribution is 5.73. The van der Waals surface area contributed by atoms with Crippen molar-refractivity contribution >= 4 is 28.7 Å². The van der Waals surface area contributed by atoms with E-state index >= 15 is 0 Å². The summed E-state index contributed by atoms with van der Waals surface area (Å²) in [6, 6.07) is 11.0. The molecule has 4 rings (SSSR count). The van der Waals surface area contributed by atoms with Gasteiger partial charge >= 0.3 is 5.76 Å². The maximum absolute atomic E-state index is 12.1. The molecule has 0 saturated heterocycles. The normalized spacial score (nSPS) is 10.8. The van der Waals surface area contributed by atoms with Crippen molar-refractivity contribution < 1.29 is 4.42 Å². The predicted octanol–water partition coefficient (Wildman–Crippen LogP) is 3.02. The fraction of sp³-hybridized carbons (Fsp3) is 0.111. The van der Waals surface area contributed by atoms with Crippen LogP contribution < -0.4 is 16.5 Å².